The maximum absolute atomic E-state index is 11.8. The molecule has 0 saturated carbocycles. The summed E-state index contributed by atoms with van der Waals surface area (Å²) in [6.45, 7) is 3.47. The minimum absolute atomic E-state index is 0.0806. The van der Waals surface area contributed by atoms with Crippen LogP contribution in [-0.2, 0) is 14.4 Å². The molecule has 1 aliphatic rings. The van der Waals surface area contributed by atoms with Gasteiger partial charge in [0.25, 0.3) is 11.8 Å². The number of aromatic nitrogens is 1. The van der Waals surface area contributed by atoms with Crippen molar-refractivity contribution < 1.29 is 19.2 Å². The van der Waals surface area contributed by atoms with Crippen molar-refractivity contribution in [3.63, 3.8) is 0 Å². The zero-order valence-corrected chi connectivity index (χ0v) is 10.1. The number of rotatable bonds is 2. The highest BCUT2D eigenvalue weighted by atomic mass is 16.7. The summed E-state index contributed by atoms with van der Waals surface area (Å²) in [6, 6.07) is 3.22. The Kier molecular flexibility index (Phi) is 3.10. The van der Waals surface area contributed by atoms with Crippen LogP contribution in [0.1, 0.15) is 34.6 Å². The first-order valence-corrected chi connectivity index (χ1v) is 5.51. The van der Waals surface area contributed by atoms with Gasteiger partial charge in [0.2, 0.25) is 0 Å². The molecule has 1 fully saturated rings. The third kappa shape index (κ3) is 2.22. The maximum atomic E-state index is 11.8. The smallest absolute Gasteiger partial charge is 0.325 e. The standard InChI is InChI=1S/C12H12N2O4/c1-7-3-4-9(8(2)13-7)12(17)18-14-10(15)5-6-11(14)16/h3-4H,5-6H2,1-2H3. The van der Waals surface area contributed by atoms with Gasteiger partial charge in [0.1, 0.15) is 0 Å². The van der Waals surface area contributed by atoms with E-state index in [2.05, 4.69) is 4.98 Å². The van der Waals surface area contributed by atoms with Crippen molar-refractivity contribution in [3.8, 4) is 0 Å². The fourth-order valence-corrected chi connectivity index (χ4v) is 1.69. The van der Waals surface area contributed by atoms with Gasteiger partial charge < -0.3 is 4.84 Å². The quantitative estimate of drug-likeness (QED) is 0.727. The number of imide groups is 1. The monoisotopic (exact) mass is 248 g/mol. The lowest BCUT2D eigenvalue weighted by Gasteiger charge is -2.13. The van der Waals surface area contributed by atoms with Gasteiger partial charge in [0, 0.05) is 18.5 Å². The van der Waals surface area contributed by atoms with Gasteiger partial charge in [-0.25, -0.2) is 4.79 Å². The van der Waals surface area contributed by atoms with Crippen LogP contribution in [0.4, 0.5) is 0 Å². The first kappa shape index (κ1) is 12.2. The highest BCUT2D eigenvalue weighted by Crippen LogP contribution is 2.15. The summed E-state index contributed by atoms with van der Waals surface area (Å²) in [5.41, 5.74) is 1.52. The van der Waals surface area contributed by atoms with Crippen molar-refractivity contribution >= 4 is 17.8 Å². The van der Waals surface area contributed by atoms with E-state index in [1.165, 1.54) is 0 Å². The Labute approximate surface area is 104 Å². The molecule has 0 N–H and O–H groups in total. The first-order valence-electron chi connectivity index (χ1n) is 5.51. The van der Waals surface area contributed by atoms with Crippen LogP contribution in [0.5, 0.6) is 0 Å². The fraction of sp³-hybridized carbons (Fsp3) is 0.333. The van der Waals surface area contributed by atoms with Crippen molar-refractivity contribution in [1.29, 1.82) is 0 Å². The molecule has 0 atom stereocenters. The van der Waals surface area contributed by atoms with Gasteiger partial charge in [-0.3, -0.25) is 14.6 Å². The Morgan fingerprint density at radius 3 is 2.39 bits per heavy atom. The fourth-order valence-electron chi connectivity index (χ4n) is 1.69. The van der Waals surface area contributed by atoms with E-state index in [1.807, 2.05) is 0 Å². The lowest BCUT2D eigenvalue weighted by atomic mass is 10.2. The van der Waals surface area contributed by atoms with Crippen molar-refractivity contribution in [3.05, 3.63) is 29.1 Å². The Morgan fingerprint density at radius 2 is 1.83 bits per heavy atom. The zero-order valence-electron chi connectivity index (χ0n) is 10.1. The third-order valence-corrected chi connectivity index (χ3v) is 2.62. The molecule has 1 aliphatic heterocycles. The molecule has 2 heterocycles. The van der Waals surface area contributed by atoms with Crippen LogP contribution in [0, 0.1) is 13.8 Å². The van der Waals surface area contributed by atoms with E-state index in [0.717, 1.165) is 5.69 Å². The SMILES string of the molecule is Cc1ccc(C(=O)ON2C(=O)CCC2=O)c(C)n1. The van der Waals surface area contributed by atoms with Gasteiger partial charge in [-0.15, -0.1) is 5.06 Å². The molecule has 2 amide bonds. The lowest BCUT2D eigenvalue weighted by molar-refractivity contribution is -0.172. The Bertz CT molecular complexity index is 523. The predicted molar refractivity (Wildman–Crippen MR) is 60.2 cm³/mol. The number of hydrogen-bond acceptors (Lipinski definition) is 5. The van der Waals surface area contributed by atoms with E-state index >= 15 is 0 Å². The van der Waals surface area contributed by atoms with E-state index < -0.39 is 17.8 Å². The van der Waals surface area contributed by atoms with Crippen molar-refractivity contribution in [2.24, 2.45) is 0 Å². The number of hydrogen-bond donors (Lipinski definition) is 0. The Hall–Kier alpha value is -2.24. The second-order valence-corrected chi connectivity index (χ2v) is 4.05. The summed E-state index contributed by atoms with van der Waals surface area (Å²) in [4.78, 5) is 43.3. The third-order valence-electron chi connectivity index (χ3n) is 2.62. The Morgan fingerprint density at radius 1 is 1.22 bits per heavy atom. The van der Waals surface area contributed by atoms with E-state index in [4.69, 9.17) is 4.84 Å². The van der Waals surface area contributed by atoms with Crippen LogP contribution in [-0.4, -0.2) is 27.8 Å². The molecule has 94 valence electrons. The highest BCUT2D eigenvalue weighted by molar-refractivity contribution is 6.02. The average molecular weight is 248 g/mol. The molecule has 18 heavy (non-hydrogen) atoms. The predicted octanol–water partition coefficient (Wildman–Crippen LogP) is 0.919. The summed E-state index contributed by atoms with van der Waals surface area (Å²) >= 11 is 0. The molecule has 2 rings (SSSR count). The van der Waals surface area contributed by atoms with E-state index in [-0.39, 0.29) is 18.4 Å². The van der Waals surface area contributed by atoms with Crippen LogP contribution in [0.25, 0.3) is 0 Å². The molecule has 0 spiro atoms. The molecular formula is C12H12N2O4. The van der Waals surface area contributed by atoms with Gasteiger partial charge in [-0.2, -0.15) is 0 Å². The van der Waals surface area contributed by atoms with E-state index in [9.17, 15) is 14.4 Å². The number of pyridine rings is 1. The minimum atomic E-state index is -0.747. The Balaban J connectivity index is 2.17. The molecular weight excluding hydrogens is 236 g/mol. The summed E-state index contributed by atoms with van der Waals surface area (Å²) in [6.07, 6.45) is 0.161. The summed E-state index contributed by atoms with van der Waals surface area (Å²) in [5, 5.41) is 0.529. The van der Waals surface area contributed by atoms with Gasteiger partial charge in [0.05, 0.1) is 11.3 Å². The summed E-state index contributed by atoms with van der Waals surface area (Å²) in [7, 11) is 0. The molecule has 1 saturated heterocycles. The molecule has 0 bridgehead atoms. The van der Waals surface area contributed by atoms with Crippen molar-refractivity contribution in [1.82, 2.24) is 10.0 Å². The normalized spacial score (nSPS) is 15.1. The second-order valence-electron chi connectivity index (χ2n) is 4.05. The highest BCUT2D eigenvalue weighted by Gasteiger charge is 2.33. The van der Waals surface area contributed by atoms with E-state index in [1.54, 1.807) is 26.0 Å². The van der Waals surface area contributed by atoms with Crippen LogP contribution in [0.15, 0.2) is 12.1 Å². The number of carbonyl (C=O) groups excluding carboxylic acids is 3. The number of carbonyl (C=O) groups is 3. The molecule has 0 aliphatic carbocycles. The van der Waals surface area contributed by atoms with Crippen LogP contribution < -0.4 is 0 Å². The topological polar surface area (TPSA) is 76.6 Å². The van der Waals surface area contributed by atoms with Gasteiger partial charge in [-0.05, 0) is 26.0 Å². The van der Waals surface area contributed by atoms with Gasteiger partial charge in [0.15, 0.2) is 0 Å². The van der Waals surface area contributed by atoms with Gasteiger partial charge >= 0.3 is 5.97 Å². The van der Waals surface area contributed by atoms with E-state index in [0.29, 0.717) is 10.8 Å². The van der Waals surface area contributed by atoms with Gasteiger partial charge in [-0.1, -0.05) is 0 Å². The number of aryl methyl sites for hydroxylation is 2. The van der Waals surface area contributed by atoms with Crippen molar-refractivity contribution in [2.75, 3.05) is 0 Å². The van der Waals surface area contributed by atoms with Crippen LogP contribution in [0.2, 0.25) is 0 Å². The summed E-state index contributed by atoms with van der Waals surface area (Å²) in [5.74, 6) is -1.74. The number of nitrogens with zero attached hydrogens (tertiary/aromatic N) is 2. The molecule has 6 heteroatoms. The lowest BCUT2D eigenvalue weighted by Crippen LogP contribution is -2.32. The minimum Gasteiger partial charge on any atom is -0.325 e. The van der Waals surface area contributed by atoms with Crippen LogP contribution >= 0.6 is 0 Å². The molecule has 1 aromatic rings. The second kappa shape index (κ2) is 4.56. The number of hydroxylamine groups is 2. The average Bonchev–Trinajstić information content (AvgIpc) is 2.60. The van der Waals surface area contributed by atoms with Crippen molar-refractivity contribution in [2.45, 2.75) is 26.7 Å². The number of amides is 2. The molecule has 0 aromatic carbocycles. The van der Waals surface area contributed by atoms with Crippen LogP contribution in [0.3, 0.4) is 0 Å². The molecule has 0 radical (unpaired) electrons. The zero-order chi connectivity index (χ0) is 13.3. The molecule has 0 unspecified atom stereocenters. The maximum Gasteiger partial charge on any atom is 0.365 e. The largest absolute Gasteiger partial charge is 0.365 e. The molecule has 1 aromatic heterocycles. The first-order chi connectivity index (χ1) is 8.49. The molecule has 6 nitrogen and oxygen atoms in total. The summed E-state index contributed by atoms with van der Waals surface area (Å²) < 4.78 is 0.